The molecular weight excluding hydrogens is 451 g/mol. The molecule has 14 heteroatoms. The second-order valence-corrected chi connectivity index (χ2v) is 6.39. The normalized spacial score (nSPS) is 11.3. The van der Waals surface area contributed by atoms with Crippen molar-refractivity contribution in [1.29, 1.82) is 5.26 Å². The number of benzene rings is 1. The van der Waals surface area contributed by atoms with E-state index in [1.54, 1.807) is 0 Å². The molecule has 0 atom stereocenters. The maximum absolute atomic E-state index is 14.1. The minimum atomic E-state index is -5.12. The number of pyridine rings is 1. The molecule has 1 aromatic carbocycles. The van der Waals surface area contributed by atoms with Gasteiger partial charge in [0.1, 0.15) is 23.1 Å². The van der Waals surface area contributed by atoms with Gasteiger partial charge < -0.3 is 5.32 Å². The number of halogens is 5. The van der Waals surface area contributed by atoms with E-state index in [1.807, 2.05) is 6.07 Å². The molecule has 0 bridgehead atoms. The number of nitriles is 1. The van der Waals surface area contributed by atoms with E-state index < -0.39 is 40.7 Å². The molecule has 0 saturated heterocycles. The number of aromatic nitrogens is 6. The van der Waals surface area contributed by atoms with Crippen LogP contribution in [0.1, 0.15) is 21.6 Å². The molecule has 3 aromatic heterocycles. The van der Waals surface area contributed by atoms with Gasteiger partial charge in [-0.1, -0.05) is 0 Å². The van der Waals surface area contributed by atoms with Crippen LogP contribution in [0.2, 0.25) is 0 Å². The molecule has 0 radical (unpaired) electrons. The van der Waals surface area contributed by atoms with E-state index in [0.717, 1.165) is 23.1 Å². The number of amides is 1. The minimum absolute atomic E-state index is 0.0380. The number of hydrogen-bond acceptors (Lipinski definition) is 6. The SMILES string of the molecule is N#Cc1cc(NC(=O)c2cnn(-c3ccc(F)cc3F)c2C(F)(F)F)cnc1-n1nccn1. The van der Waals surface area contributed by atoms with E-state index in [0.29, 0.717) is 12.3 Å². The van der Waals surface area contributed by atoms with Crippen molar-refractivity contribution in [1.82, 2.24) is 29.8 Å². The standard InChI is InChI=1S/C19H9F5N8O/c20-11-1-2-15(14(21)6-11)31-16(19(22,23)24)13(9-29-31)18(33)30-12-5-10(7-25)17(26-8-12)32-27-3-4-28-32/h1-6,8-9H,(H,30,33). The number of carbonyl (C=O) groups excluding carboxylic acids is 1. The molecule has 166 valence electrons. The van der Waals surface area contributed by atoms with Crippen LogP contribution in [0.5, 0.6) is 0 Å². The Balaban J connectivity index is 1.71. The molecule has 33 heavy (non-hydrogen) atoms. The monoisotopic (exact) mass is 460 g/mol. The molecule has 4 aromatic rings. The van der Waals surface area contributed by atoms with Crippen LogP contribution >= 0.6 is 0 Å². The summed E-state index contributed by atoms with van der Waals surface area (Å²) >= 11 is 0. The second kappa shape index (κ2) is 8.11. The van der Waals surface area contributed by atoms with Crippen LogP contribution in [0, 0.1) is 23.0 Å². The van der Waals surface area contributed by atoms with Crippen molar-refractivity contribution >= 4 is 11.6 Å². The van der Waals surface area contributed by atoms with E-state index in [4.69, 9.17) is 0 Å². The van der Waals surface area contributed by atoms with Crippen molar-refractivity contribution in [2.75, 3.05) is 5.32 Å². The largest absolute Gasteiger partial charge is 0.434 e. The van der Waals surface area contributed by atoms with Gasteiger partial charge in [-0.2, -0.15) is 33.7 Å². The lowest BCUT2D eigenvalue weighted by Gasteiger charge is -2.13. The highest BCUT2D eigenvalue weighted by atomic mass is 19.4. The zero-order valence-corrected chi connectivity index (χ0v) is 16.0. The summed E-state index contributed by atoms with van der Waals surface area (Å²) in [5, 5.41) is 22.7. The number of nitrogens with zero attached hydrogens (tertiary/aromatic N) is 7. The Hall–Kier alpha value is -4.67. The summed E-state index contributed by atoms with van der Waals surface area (Å²) in [5.74, 6) is -3.51. The number of hydrogen-bond donors (Lipinski definition) is 1. The first-order valence-electron chi connectivity index (χ1n) is 8.88. The van der Waals surface area contributed by atoms with Crippen LogP contribution in [-0.2, 0) is 6.18 Å². The molecule has 0 fully saturated rings. The number of nitrogens with one attached hydrogen (secondary N) is 1. The fourth-order valence-electron chi connectivity index (χ4n) is 2.91. The first-order chi connectivity index (χ1) is 15.7. The molecule has 1 N–H and O–H groups in total. The van der Waals surface area contributed by atoms with Crippen LogP contribution in [0.3, 0.4) is 0 Å². The van der Waals surface area contributed by atoms with E-state index in [-0.39, 0.29) is 21.8 Å². The van der Waals surface area contributed by atoms with Crippen LogP contribution < -0.4 is 5.32 Å². The predicted molar refractivity (Wildman–Crippen MR) is 100 cm³/mol. The number of carbonyl (C=O) groups is 1. The fraction of sp³-hybridized carbons (Fsp3) is 0.0526. The molecule has 0 aliphatic carbocycles. The third-order valence-corrected chi connectivity index (χ3v) is 4.27. The molecule has 9 nitrogen and oxygen atoms in total. The molecule has 4 rings (SSSR count). The van der Waals surface area contributed by atoms with Gasteiger partial charge in [0.2, 0.25) is 0 Å². The van der Waals surface area contributed by atoms with Gasteiger partial charge in [-0.05, 0) is 18.2 Å². The summed E-state index contributed by atoms with van der Waals surface area (Å²) in [5.41, 5.74) is -3.36. The maximum atomic E-state index is 14.1. The molecule has 0 spiro atoms. The molecule has 0 saturated carbocycles. The van der Waals surface area contributed by atoms with Crippen LogP contribution in [0.4, 0.5) is 27.6 Å². The Morgan fingerprint density at radius 3 is 2.42 bits per heavy atom. The van der Waals surface area contributed by atoms with E-state index in [1.165, 1.54) is 18.5 Å². The Kier molecular flexibility index (Phi) is 5.30. The van der Waals surface area contributed by atoms with Crippen molar-refractivity contribution in [3.63, 3.8) is 0 Å². The summed E-state index contributed by atoms with van der Waals surface area (Å²) in [4.78, 5) is 17.6. The molecule has 3 heterocycles. The van der Waals surface area contributed by atoms with Gasteiger partial charge in [0, 0.05) is 6.07 Å². The zero-order chi connectivity index (χ0) is 23.8. The molecular formula is C19H9F5N8O. The topological polar surface area (TPSA) is 114 Å². The first kappa shape index (κ1) is 21.6. The Morgan fingerprint density at radius 1 is 1.06 bits per heavy atom. The van der Waals surface area contributed by atoms with Gasteiger partial charge in [0.15, 0.2) is 17.3 Å². The van der Waals surface area contributed by atoms with Crippen LogP contribution in [0.25, 0.3) is 11.5 Å². The van der Waals surface area contributed by atoms with Gasteiger partial charge in [0.25, 0.3) is 5.91 Å². The lowest BCUT2D eigenvalue weighted by Crippen LogP contribution is -2.21. The van der Waals surface area contributed by atoms with Crippen LogP contribution in [0.15, 0.2) is 49.1 Å². The van der Waals surface area contributed by atoms with Gasteiger partial charge in [-0.15, -0.1) is 4.80 Å². The third kappa shape index (κ3) is 4.11. The first-order valence-corrected chi connectivity index (χ1v) is 8.88. The Labute approximate surface area is 180 Å². The minimum Gasteiger partial charge on any atom is -0.320 e. The lowest BCUT2D eigenvalue weighted by atomic mass is 10.2. The maximum Gasteiger partial charge on any atom is 0.434 e. The summed E-state index contributed by atoms with van der Waals surface area (Å²) < 4.78 is 68.7. The lowest BCUT2D eigenvalue weighted by molar-refractivity contribution is -0.143. The van der Waals surface area contributed by atoms with Crippen LogP contribution in [-0.4, -0.2) is 35.7 Å². The number of alkyl halides is 3. The van der Waals surface area contributed by atoms with E-state index in [2.05, 4.69) is 25.6 Å². The highest BCUT2D eigenvalue weighted by molar-refractivity contribution is 6.05. The molecule has 1 amide bonds. The number of anilines is 1. The van der Waals surface area contributed by atoms with Gasteiger partial charge in [-0.3, -0.25) is 4.79 Å². The summed E-state index contributed by atoms with van der Waals surface area (Å²) in [6.07, 6.45) is -0.732. The van der Waals surface area contributed by atoms with Gasteiger partial charge in [0.05, 0.1) is 36.0 Å². The molecule has 0 unspecified atom stereocenters. The average molecular weight is 460 g/mol. The fourth-order valence-corrected chi connectivity index (χ4v) is 2.91. The summed E-state index contributed by atoms with van der Waals surface area (Å²) in [6.45, 7) is 0. The Morgan fingerprint density at radius 2 is 1.79 bits per heavy atom. The van der Waals surface area contributed by atoms with Crippen molar-refractivity contribution < 1.29 is 26.7 Å². The number of rotatable bonds is 4. The Bertz CT molecular complexity index is 1390. The van der Waals surface area contributed by atoms with Crippen molar-refractivity contribution in [3.05, 3.63) is 77.5 Å². The summed E-state index contributed by atoms with van der Waals surface area (Å²) in [6, 6.07) is 4.90. The van der Waals surface area contributed by atoms with E-state index >= 15 is 0 Å². The molecule has 0 aliphatic rings. The quantitative estimate of drug-likeness (QED) is 0.468. The predicted octanol–water partition coefficient (Wildman–Crippen LogP) is 3.27. The third-order valence-electron chi connectivity index (χ3n) is 4.27. The highest BCUT2D eigenvalue weighted by Gasteiger charge is 2.41. The van der Waals surface area contributed by atoms with Crippen molar-refractivity contribution in [3.8, 4) is 17.6 Å². The van der Waals surface area contributed by atoms with Gasteiger partial charge in [-0.25, -0.2) is 18.4 Å². The average Bonchev–Trinajstić information content (AvgIpc) is 3.43. The highest BCUT2D eigenvalue weighted by Crippen LogP contribution is 2.34. The smallest absolute Gasteiger partial charge is 0.320 e. The zero-order valence-electron chi connectivity index (χ0n) is 16.0. The second-order valence-electron chi connectivity index (χ2n) is 6.39. The summed E-state index contributed by atoms with van der Waals surface area (Å²) in [7, 11) is 0. The van der Waals surface area contributed by atoms with Crippen molar-refractivity contribution in [2.45, 2.75) is 6.18 Å². The molecule has 0 aliphatic heterocycles. The van der Waals surface area contributed by atoms with Crippen molar-refractivity contribution in [2.24, 2.45) is 0 Å². The van der Waals surface area contributed by atoms with Gasteiger partial charge >= 0.3 is 6.18 Å². The van der Waals surface area contributed by atoms with E-state index in [9.17, 15) is 32.0 Å².